The van der Waals surface area contributed by atoms with Crippen LogP contribution in [0, 0.1) is 5.92 Å². The average Bonchev–Trinajstić information content (AvgIpc) is 2.82. The van der Waals surface area contributed by atoms with E-state index < -0.39 is 0 Å². The molecule has 1 heterocycles. The number of H-pyrrole nitrogens is 1. The van der Waals surface area contributed by atoms with Gasteiger partial charge in [-0.25, -0.2) is 4.98 Å². The van der Waals surface area contributed by atoms with Gasteiger partial charge in [-0.05, 0) is 39.2 Å². The van der Waals surface area contributed by atoms with Crippen molar-refractivity contribution in [2.75, 3.05) is 13.6 Å². The van der Waals surface area contributed by atoms with E-state index in [-0.39, 0.29) is 0 Å². The first kappa shape index (κ1) is 13.1. The van der Waals surface area contributed by atoms with Gasteiger partial charge in [-0.2, -0.15) is 0 Å². The predicted octanol–water partition coefficient (Wildman–Crippen LogP) is 3.14. The van der Waals surface area contributed by atoms with Crippen LogP contribution in [0.25, 0.3) is 0 Å². The molecule has 1 atom stereocenters. The first-order chi connectivity index (χ1) is 8.65. The number of nitrogens with zero attached hydrogens (tertiary/aromatic N) is 2. The molecule has 0 radical (unpaired) electrons. The Morgan fingerprint density at radius 1 is 1.56 bits per heavy atom. The first-order valence-electron chi connectivity index (χ1n) is 6.65. The van der Waals surface area contributed by atoms with Crippen molar-refractivity contribution in [2.24, 2.45) is 5.92 Å². The molecule has 0 amide bonds. The second-order valence-electron chi connectivity index (χ2n) is 5.39. The summed E-state index contributed by atoms with van der Waals surface area (Å²) < 4.78 is 0. The Balaban J connectivity index is 1.81. The smallest absolute Gasteiger partial charge is 0.120 e. The number of likely N-dealkylation sites (N-methyl/N-ethyl adjacent to an activating group) is 1. The molecule has 0 fully saturated rings. The van der Waals surface area contributed by atoms with E-state index in [9.17, 15) is 0 Å². The summed E-state index contributed by atoms with van der Waals surface area (Å²) in [5, 5.41) is 0. The Labute approximate surface area is 110 Å². The molecule has 2 rings (SSSR count). The SMILES string of the molecule is C=C(C)[C@@H]1CC=C(CN(C)Cc2ncc[nH]2)CC1. The molecule has 1 aliphatic carbocycles. The number of imidazole rings is 1. The summed E-state index contributed by atoms with van der Waals surface area (Å²) in [6.07, 6.45) is 9.72. The molecule has 0 aromatic carbocycles. The van der Waals surface area contributed by atoms with Gasteiger partial charge in [-0.3, -0.25) is 4.90 Å². The summed E-state index contributed by atoms with van der Waals surface area (Å²) in [5.74, 6) is 1.73. The van der Waals surface area contributed by atoms with E-state index in [1.165, 1.54) is 24.8 Å². The molecule has 0 unspecified atom stereocenters. The van der Waals surface area contributed by atoms with Crippen LogP contribution in [-0.2, 0) is 6.54 Å². The van der Waals surface area contributed by atoms with Crippen molar-refractivity contribution >= 4 is 0 Å². The standard InChI is InChI=1S/C15H23N3/c1-12(2)14-6-4-13(5-7-14)10-18(3)11-15-16-8-9-17-15/h4,8-9,14H,1,5-7,10-11H2,2-3H3,(H,16,17)/t14-/m1/s1. The van der Waals surface area contributed by atoms with Crippen molar-refractivity contribution < 1.29 is 0 Å². The topological polar surface area (TPSA) is 31.9 Å². The molecule has 0 saturated heterocycles. The zero-order chi connectivity index (χ0) is 13.0. The van der Waals surface area contributed by atoms with Crippen molar-refractivity contribution in [2.45, 2.75) is 32.7 Å². The maximum absolute atomic E-state index is 4.26. The molecule has 1 aromatic rings. The van der Waals surface area contributed by atoms with Crippen molar-refractivity contribution in [3.63, 3.8) is 0 Å². The van der Waals surface area contributed by atoms with Gasteiger partial charge in [-0.1, -0.05) is 23.8 Å². The Bertz CT molecular complexity index is 417. The predicted molar refractivity (Wildman–Crippen MR) is 75.2 cm³/mol. The van der Waals surface area contributed by atoms with E-state index >= 15 is 0 Å². The molecular weight excluding hydrogens is 222 g/mol. The van der Waals surface area contributed by atoms with Gasteiger partial charge < -0.3 is 4.98 Å². The summed E-state index contributed by atoms with van der Waals surface area (Å²) in [6.45, 7) is 8.14. The Morgan fingerprint density at radius 3 is 2.94 bits per heavy atom. The minimum Gasteiger partial charge on any atom is -0.348 e. The molecule has 1 N–H and O–H groups in total. The van der Waals surface area contributed by atoms with Crippen LogP contribution < -0.4 is 0 Å². The van der Waals surface area contributed by atoms with Crippen LogP contribution in [0.15, 0.2) is 36.2 Å². The van der Waals surface area contributed by atoms with Crippen molar-refractivity contribution in [3.05, 3.63) is 42.0 Å². The summed E-state index contributed by atoms with van der Waals surface area (Å²) in [7, 11) is 2.15. The lowest BCUT2D eigenvalue weighted by Crippen LogP contribution is -2.23. The molecule has 3 nitrogen and oxygen atoms in total. The maximum Gasteiger partial charge on any atom is 0.120 e. The van der Waals surface area contributed by atoms with E-state index in [1.54, 1.807) is 11.8 Å². The van der Waals surface area contributed by atoms with Crippen molar-refractivity contribution in [1.29, 1.82) is 0 Å². The first-order valence-corrected chi connectivity index (χ1v) is 6.65. The second kappa shape index (κ2) is 6.01. The third-order valence-corrected chi connectivity index (χ3v) is 3.65. The highest BCUT2D eigenvalue weighted by Crippen LogP contribution is 2.28. The fourth-order valence-electron chi connectivity index (χ4n) is 2.52. The minimum absolute atomic E-state index is 0.698. The van der Waals surface area contributed by atoms with Gasteiger partial charge in [0.2, 0.25) is 0 Å². The largest absolute Gasteiger partial charge is 0.348 e. The molecule has 1 aliphatic rings. The highest BCUT2D eigenvalue weighted by molar-refractivity contribution is 5.13. The highest BCUT2D eigenvalue weighted by Gasteiger charge is 2.15. The van der Waals surface area contributed by atoms with Gasteiger partial charge >= 0.3 is 0 Å². The Morgan fingerprint density at radius 2 is 2.39 bits per heavy atom. The zero-order valence-electron chi connectivity index (χ0n) is 11.4. The fourth-order valence-corrected chi connectivity index (χ4v) is 2.52. The van der Waals surface area contributed by atoms with Crippen LogP contribution in [-0.4, -0.2) is 28.5 Å². The molecule has 3 heteroatoms. The molecular formula is C15H23N3. The Hall–Kier alpha value is -1.35. The van der Waals surface area contributed by atoms with Gasteiger partial charge in [0.15, 0.2) is 0 Å². The Kier molecular flexibility index (Phi) is 4.37. The van der Waals surface area contributed by atoms with E-state index in [0.29, 0.717) is 5.92 Å². The molecule has 0 bridgehead atoms. The van der Waals surface area contributed by atoms with Gasteiger partial charge in [0.25, 0.3) is 0 Å². The van der Waals surface area contributed by atoms with Crippen molar-refractivity contribution in [1.82, 2.24) is 14.9 Å². The van der Waals surface area contributed by atoms with Crippen LogP contribution in [0.2, 0.25) is 0 Å². The van der Waals surface area contributed by atoms with Crippen LogP contribution >= 0.6 is 0 Å². The number of nitrogens with one attached hydrogen (secondary N) is 1. The second-order valence-corrected chi connectivity index (χ2v) is 5.39. The third kappa shape index (κ3) is 3.57. The summed E-state index contributed by atoms with van der Waals surface area (Å²) >= 11 is 0. The number of aromatic nitrogens is 2. The lowest BCUT2D eigenvalue weighted by Gasteiger charge is -2.25. The summed E-state index contributed by atoms with van der Waals surface area (Å²) in [6, 6.07) is 0. The lowest BCUT2D eigenvalue weighted by atomic mass is 9.85. The van der Waals surface area contributed by atoms with Gasteiger partial charge in [0, 0.05) is 18.9 Å². The monoisotopic (exact) mass is 245 g/mol. The molecule has 1 aromatic heterocycles. The van der Waals surface area contributed by atoms with Crippen LogP contribution in [0.3, 0.4) is 0 Å². The van der Waals surface area contributed by atoms with Crippen LogP contribution in [0.1, 0.15) is 32.0 Å². The van der Waals surface area contributed by atoms with E-state index in [4.69, 9.17) is 0 Å². The average molecular weight is 245 g/mol. The molecule has 0 saturated carbocycles. The van der Waals surface area contributed by atoms with Gasteiger partial charge in [0.05, 0.1) is 6.54 Å². The number of aromatic amines is 1. The number of allylic oxidation sites excluding steroid dienone is 2. The van der Waals surface area contributed by atoms with E-state index in [2.05, 4.69) is 41.5 Å². The number of hydrogen-bond acceptors (Lipinski definition) is 2. The van der Waals surface area contributed by atoms with Gasteiger partial charge in [0.1, 0.15) is 5.82 Å². The summed E-state index contributed by atoms with van der Waals surface area (Å²) in [5.41, 5.74) is 2.88. The number of hydrogen-bond donors (Lipinski definition) is 1. The highest BCUT2D eigenvalue weighted by atomic mass is 15.1. The minimum atomic E-state index is 0.698. The summed E-state index contributed by atoms with van der Waals surface area (Å²) in [4.78, 5) is 9.71. The maximum atomic E-state index is 4.26. The molecule has 0 spiro atoms. The van der Waals surface area contributed by atoms with E-state index in [1.807, 2.05) is 6.20 Å². The normalized spacial score (nSPS) is 19.9. The number of rotatable bonds is 5. The van der Waals surface area contributed by atoms with Gasteiger partial charge in [-0.15, -0.1) is 0 Å². The molecule has 0 aliphatic heterocycles. The molecule has 18 heavy (non-hydrogen) atoms. The molecule has 98 valence electrons. The zero-order valence-corrected chi connectivity index (χ0v) is 11.4. The van der Waals surface area contributed by atoms with Crippen molar-refractivity contribution in [3.8, 4) is 0 Å². The van der Waals surface area contributed by atoms with E-state index in [0.717, 1.165) is 18.9 Å². The third-order valence-electron chi connectivity index (χ3n) is 3.65. The van der Waals surface area contributed by atoms with Crippen LogP contribution in [0.5, 0.6) is 0 Å². The lowest BCUT2D eigenvalue weighted by molar-refractivity contribution is 0.337. The van der Waals surface area contributed by atoms with Crippen LogP contribution in [0.4, 0.5) is 0 Å². The fraction of sp³-hybridized carbons (Fsp3) is 0.533. The quantitative estimate of drug-likeness (QED) is 0.808.